The van der Waals surface area contributed by atoms with Crippen molar-refractivity contribution in [3.05, 3.63) is 64.1 Å². The van der Waals surface area contributed by atoms with E-state index in [1.165, 1.54) is 7.11 Å². The fourth-order valence-electron chi connectivity index (χ4n) is 2.28. The maximum atomic E-state index is 12.2. The van der Waals surface area contributed by atoms with E-state index in [1.54, 1.807) is 42.5 Å². The van der Waals surface area contributed by atoms with E-state index in [1.807, 2.05) is 6.07 Å². The Balaban J connectivity index is 1.83. The maximum Gasteiger partial charge on any atom is 0.333 e. The Morgan fingerprint density at radius 2 is 1.85 bits per heavy atom. The molecule has 0 aliphatic carbocycles. The largest absolute Gasteiger partial charge is 0.492 e. The maximum absolute atomic E-state index is 12.2. The van der Waals surface area contributed by atoms with Gasteiger partial charge in [0, 0.05) is 11.4 Å². The summed E-state index contributed by atoms with van der Waals surface area (Å²) in [7, 11) is 1.29. The standard InChI is InChI=1S/C19H19Cl2NO4/c1-25-19(24)18(13-6-3-2-4-7-13)22-17(23)8-5-11-26-16-10-9-14(20)12-15(16)21/h2-4,6-7,9-10,12,18H,5,8,11H2,1H3,(H,22,23)/t18-/m1/s1. The SMILES string of the molecule is COC(=O)[C@H](NC(=O)CCCOc1ccc(Cl)cc1Cl)c1ccccc1. The van der Waals surface area contributed by atoms with Gasteiger partial charge in [-0.3, -0.25) is 4.79 Å². The van der Waals surface area contributed by atoms with Crippen LogP contribution in [0.15, 0.2) is 48.5 Å². The first-order chi connectivity index (χ1) is 12.5. The van der Waals surface area contributed by atoms with Gasteiger partial charge in [-0.15, -0.1) is 0 Å². The number of methoxy groups -OCH3 is 1. The summed E-state index contributed by atoms with van der Waals surface area (Å²) in [5, 5.41) is 3.63. The van der Waals surface area contributed by atoms with Crippen molar-refractivity contribution in [3.8, 4) is 5.75 Å². The number of halogens is 2. The molecule has 0 bridgehead atoms. The van der Waals surface area contributed by atoms with Crippen molar-refractivity contribution in [2.24, 2.45) is 0 Å². The molecule has 1 N–H and O–H groups in total. The van der Waals surface area contributed by atoms with Crippen LogP contribution in [0.4, 0.5) is 0 Å². The number of nitrogens with one attached hydrogen (secondary N) is 1. The lowest BCUT2D eigenvalue weighted by molar-refractivity contribution is -0.145. The first-order valence-electron chi connectivity index (χ1n) is 8.01. The molecule has 0 saturated carbocycles. The van der Waals surface area contributed by atoms with Gasteiger partial charge < -0.3 is 14.8 Å². The van der Waals surface area contributed by atoms with Gasteiger partial charge in [-0.1, -0.05) is 53.5 Å². The molecule has 0 spiro atoms. The minimum Gasteiger partial charge on any atom is -0.492 e. The van der Waals surface area contributed by atoms with Gasteiger partial charge in [-0.05, 0) is 30.2 Å². The Morgan fingerprint density at radius 1 is 1.12 bits per heavy atom. The highest BCUT2D eigenvalue weighted by Gasteiger charge is 2.23. The van der Waals surface area contributed by atoms with Crippen LogP contribution >= 0.6 is 23.2 Å². The Bertz CT molecular complexity index is 752. The molecule has 0 heterocycles. The zero-order chi connectivity index (χ0) is 18.9. The molecule has 0 radical (unpaired) electrons. The molecule has 2 rings (SSSR count). The molecule has 0 aromatic heterocycles. The number of hydrogen-bond acceptors (Lipinski definition) is 4. The van der Waals surface area contributed by atoms with E-state index in [0.29, 0.717) is 34.4 Å². The van der Waals surface area contributed by atoms with Crippen molar-refractivity contribution in [2.75, 3.05) is 13.7 Å². The summed E-state index contributed by atoms with van der Waals surface area (Å²) in [6.07, 6.45) is 0.666. The molecule has 0 fully saturated rings. The number of hydrogen-bond donors (Lipinski definition) is 1. The predicted molar refractivity (Wildman–Crippen MR) is 101 cm³/mol. The highest BCUT2D eigenvalue weighted by molar-refractivity contribution is 6.35. The lowest BCUT2D eigenvalue weighted by Crippen LogP contribution is -2.34. The molecule has 2 aromatic carbocycles. The number of carbonyl (C=O) groups is 2. The molecule has 1 amide bonds. The van der Waals surface area contributed by atoms with Crippen LogP contribution in [-0.2, 0) is 14.3 Å². The van der Waals surface area contributed by atoms with E-state index < -0.39 is 12.0 Å². The van der Waals surface area contributed by atoms with Gasteiger partial charge in [-0.2, -0.15) is 0 Å². The monoisotopic (exact) mass is 395 g/mol. The summed E-state index contributed by atoms with van der Waals surface area (Å²) in [6, 6.07) is 13.0. The quantitative estimate of drug-likeness (QED) is 0.537. The van der Waals surface area contributed by atoms with Crippen molar-refractivity contribution < 1.29 is 19.1 Å². The van der Waals surface area contributed by atoms with E-state index in [0.717, 1.165) is 0 Å². The van der Waals surface area contributed by atoms with E-state index in [4.69, 9.17) is 32.7 Å². The molecule has 26 heavy (non-hydrogen) atoms. The number of amides is 1. The summed E-state index contributed by atoms with van der Waals surface area (Å²) < 4.78 is 10.3. The topological polar surface area (TPSA) is 64.6 Å². The number of benzene rings is 2. The minimum absolute atomic E-state index is 0.200. The molecule has 0 aliphatic heterocycles. The summed E-state index contributed by atoms with van der Waals surface area (Å²) in [4.78, 5) is 24.1. The highest BCUT2D eigenvalue weighted by atomic mass is 35.5. The van der Waals surface area contributed by atoms with Crippen LogP contribution in [0, 0.1) is 0 Å². The van der Waals surface area contributed by atoms with Gasteiger partial charge in [0.15, 0.2) is 6.04 Å². The van der Waals surface area contributed by atoms with Gasteiger partial charge in [0.05, 0.1) is 18.7 Å². The third-order valence-electron chi connectivity index (χ3n) is 3.57. The van der Waals surface area contributed by atoms with Gasteiger partial charge in [-0.25, -0.2) is 4.79 Å². The van der Waals surface area contributed by atoms with Gasteiger partial charge in [0.2, 0.25) is 5.91 Å². The van der Waals surface area contributed by atoms with Gasteiger partial charge in [0.25, 0.3) is 0 Å². The normalized spacial score (nSPS) is 11.5. The Morgan fingerprint density at radius 3 is 2.50 bits per heavy atom. The van der Waals surface area contributed by atoms with Crippen LogP contribution in [0.2, 0.25) is 10.0 Å². The van der Waals surface area contributed by atoms with Crippen LogP contribution in [0.25, 0.3) is 0 Å². The first-order valence-corrected chi connectivity index (χ1v) is 8.77. The van der Waals surface area contributed by atoms with Gasteiger partial charge >= 0.3 is 5.97 Å². The van der Waals surface area contributed by atoms with Crippen LogP contribution in [0.3, 0.4) is 0 Å². The Hall–Kier alpha value is -2.24. The minimum atomic E-state index is -0.833. The summed E-state index contributed by atoms with van der Waals surface area (Å²) in [6.45, 7) is 0.309. The van der Waals surface area contributed by atoms with Crippen molar-refractivity contribution >= 4 is 35.1 Å². The molecule has 0 aliphatic rings. The second-order valence-corrected chi connectivity index (χ2v) is 6.30. The molecule has 0 saturated heterocycles. The third-order valence-corrected chi connectivity index (χ3v) is 4.11. The van der Waals surface area contributed by atoms with Crippen molar-refractivity contribution in [1.82, 2.24) is 5.32 Å². The van der Waals surface area contributed by atoms with Crippen molar-refractivity contribution in [3.63, 3.8) is 0 Å². The number of carbonyl (C=O) groups excluding carboxylic acids is 2. The van der Waals surface area contributed by atoms with Crippen LogP contribution in [0.1, 0.15) is 24.4 Å². The molecule has 0 unspecified atom stereocenters. The van der Waals surface area contributed by atoms with Crippen LogP contribution in [0.5, 0.6) is 5.75 Å². The smallest absolute Gasteiger partial charge is 0.333 e. The third kappa shape index (κ3) is 5.93. The van der Waals surface area contributed by atoms with E-state index >= 15 is 0 Å². The highest BCUT2D eigenvalue weighted by Crippen LogP contribution is 2.27. The Kier molecular flexibility index (Phi) is 7.75. The van der Waals surface area contributed by atoms with E-state index in [2.05, 4.69) is 5.32 Å². The Labute approximate surface area is 162 Å². The van der Waals surface area contributed by atoms with Crippen molar-refractivity contribution in [1.29, 1.82) is 0 Å². The second kappa shape index (κ2) is 10.0. The molecule has 7 heteroatoms. The lowest BCUT2D eigenvalue weighted by atomic mass is 10.1. The molecule has 2 aromatic rings. The average Bonchev–Trinajstić information content (AvgIpc) is 2.64. The van der Waals surface area contributed by atoms with E-state index in [-0.39, 0.29) is 12.3 Å². The van der Waals surface area contributed by atoms with Crippen molar-refractivity contribution in [2.45, 2.75) is 18.9 Å². The molecule has 5 nitrogen and oxygen atoms in total. The number of rotatable bonds is 8. The predicted octanol–water partition coefficient (Wildman–Crippen LogP) is 4.18. The van der Waals surface area contributed by atoms with E-state index in [9.17, 15) is 9.59 Å². The zero-order valence-electron chi connectivity index (χ0n) is 14.2. The number of esters is 1. The molecular weight excluding hydrogens is 377 g/mol. The summed E-state index contributed by atoms with van der Waals surface area (Å²) in [5.74, 6) is -0.281. The average molecular weight is 396 g/mol. The zero-order valence-corrected chi connectivity index (χ0v) is 15.7. The molecule has 138 valence electrons. The van der Waals surface area contributed by atoms with Gasteiger partial charge in [0.1, 0.15) is 5.75 Å². The molecule has 1 atom stereocenters. The summed E-state index contributed by atoms with van der Waals surface area (Å²) >= 11 is 11.8. The lowest BCUT2D eigenvalue weighted by Gasteiger charge is -2.17. The number of ether oxygens (including phenoxy) is 2. The van der Waals surface area contributed by atoms with Crippen LogP contribution < -0.4 is 10.1 Å². The second-order valence-electron chi connectivity index (χ2n) is 5.46. The molecular formula is C19H19Cl2NO4. The summed E-state index contributed by atoms with van der Waals surface area (Å²) in [5.41, 5.74) is 0.664. The fraction of sp³-hybridized carbons (Fsp3) is 0.263. The first kappa shape index (κ1) is 20.1. The van der Waals surface area contributed by atoms with Crippen LogP contribution in [-0.4, -0.2) is 25.6 Å². The fourth-order valence-corrected chi connectivity index (χ4v) is 2.75.